The molecule has 0 aliphatic rings. The maximum atomic E-state index is 5.95. The van der Waals surface area contributed by atoms with Crippen molar-refractivity contribution in [2.75, 3.05) is 6.54 Å². The molecule has 0 saturated heterocycles. The van der Waals surface area contributed by atoms with Crippen molar-refractivity contribution >= 4 is 15.9 Å². The molecule has 3 nitrogen and oxygen atoms in total. The summed E-state index contributed by atoms with van der Waals surface area (Å²) in [5.41, 5.74) is 8.46. The van der Waals surface area contributed by atoms with Gasteiger partial charge in [0.1, 0.15) is 0 Å². The first-order chi connectivity index (χ1) is 9.13. The van der Waals surface area contributed by atoms with Crippen LogP contribution in [0.5, 0.6) is 0 Å². The molecule has 4 heteroatoms. The molecule has 0 bridgehead atoms. The van der Waals surface area contributed by atoms with Gasteiger partial charge in [-0.1, -0.05) is 30.3 Å². The summed E-state index contributed by atoms with van der Waals surface area (Å²) in [6.45, 7) is 4.92. The third-order valence-corrected chi connectivity index (χ3v) is 3.99. The lowest BCUT2D eigenvalue weighted by atomic mass is 9.94. The van der Waals surface area contributed by atoms with Gasteiger partial charge in [-0.05, 0) is 48.3 Å². The van der Waals surface area contributed by atoms with E-state index in [9.17, 15) is 0 Å². The molecule has 0 spiro atoms. The van der Waals surface area contributed by atoms with Gasteiger partial charge in [-0.2, -0.15) is 5.10 Å². The van der Waals surface area contributed by atoms with E-state index in [1.165, 1.54) is 11.3 Å². The Hall–Kier alpha value is -1.13. The molecule has 1 atom stereocenters. The summed E-state index contributed by atoms with van der Waals surface area (Å²) in [5.74, 6) is 0.326. The van der Waals surface area contributed by atoms with Crippen molar-refractivity contribution in [3.63, 3.8) is 0 Å². The van der Waals surface area contributed by atoms with E-state index in [2.05, 4.69) is 63.8 Å². The molecule has 102 valence electrons. The second-order valence-electron chi connectivity index (χ2n) is 5.02. The maximum Gasteiger partial charge on any atom is 0.0635 e. The molecule has 0 amide bonds. The molecule has 2 rings (SSSR count). The summed E-state index contributed by atoms with van der Waals surface area (Å²) in [6, 6.07) is 10.8. The van der Waals surface area contributed by atoms with Crippen LogP contribution in [0.1, 0.15) is 37.1 Å². The van der Waals surface area contributed by atoms with Gasteiger partial charge in [-0.25, -0.2) is 0 Å². The highest BCUT2D eigenvalue weighted by molar-refractivity contribution is 9.10. The molecule has 19 heavy (non-hydrogen) atoms. The van der Waals surface area contributed by atoms with Gasteiger partial charge in [0.15, 0.2) is 0 Å². The number of halogens is 1. The molecule has 2 N–H and O–H groups in total. The molecular formula is C15H20BrN3. The summed E-state index contributed by atoms with van der Waals surface area (Å²) in [7, 11) is 0. The van der Waals surface area contributed by atoms with E-state index in [0.717, 1.165) is 10.9 Å². The Bertz CT molecular complexity index is 519. The van der Waals surface area contributed by atoms with E-state index < -0.39 is 0 Å². The molecule has 1 aromatic heterocycles. The van der Waals surface area contributed by atoms with Crippen molar-refractivity contribution in [3.05, 3.63) is 52.3 Å². The summed E-state index contributed by atoms with van der Waals surface area (Å²) in [5, 5.41) is 4.43. The fourth-order valence-corrected chi connectivity index (χ4v) is 2.73. The average Bonchev–Trinajstić information content (AvgIpc) is 2.78. The Morgan fingerprint density at radius 1 is 1.26 bits per heavy atom. The van der Waals surface area contributed by atoms with Crippen molar-refractivity contribution in [3.8, 4) is 0 Å². The maximum absolute atomic E-state index is 5.95. The first kappa shape index (κ1) is 14.3. The number of nitrogens with two attached hydrogens (primary N) is 1. The van der Waals surface area contributed by atoms with Crippen LogP contribution >= 0.6 is 15.9 Å². The van der Waals surface area contributed by atoms with Crippen LogP contribution in [0.15, 0.2) is 41.0 Å². The molecule has 1 unspecified atom stereocenters. The topological polar surface area (TPSA) is 43.8 Å². The summed E-state index contributed by atoms with van der Waals surface area (Å²) >= 11 is 3.59. The quantitative estimate of drug-likeness (QED) is 0.915. The van der Waals surface area contributed by atoms with E-state index in [1.54, 1.807) is 0 Å². The van der Waals surface area contributed by atoms with Gasteiger partial charge in [0.25, 0.3) is 0 Å². The zero-order valence-electron chi connectivity index (χ0n) is 11.4. The highest BCUT2D eigenvalue weighted by atomic mass is 79.9. The number of aromatic nitrogens is 2. The molecule has 1 heterocycles. The Balaban J connectivity index is 2.26. The average molecular weight is 322 g/mol. The van der Waals surface area contributed by atoms with Gasteiger partial charge < -0.3 is 5.73 Å². The third kappa shape index (κ3) is 3.25. The van der Waals surface area contributed by atoms with Gasteiger partial charge >= 0.3 is 0 Å². The van der Waals surface area contributed by atoms with E-state index in [4.69, 9.17) is 5.73 Å². The van der Waals surface area contributed by atoms with E-state index in [0.29, 0.717) is 18.5 Å². The zero-order chi connectivity index (χ0) is 13.8. The predicted molar refractivity (Wildman–Crippen MR) is 82.3 cm³/mol. The van der Waals surface area contributed by atoms with Crippen LogP contribution < -0.4 is 5.73 Å². The lowest BCUT2D eigenvalue weighted by molar-refractivity contribution is 0.496. The van der Waals surface area contributed by atoms with Crippen LogP contribution in [-0.2, 0) is 6.42 Å². The zero-order valence-corrected chi connectivity index (χ0v) is 13.0. The van der Waals surface area contributed by atoms with Gasteiger partial charge in [-0.3, -0.25) is 4.68 Å². The normalized spacial score (nSPS) is 12.9. The highest BCUT2D eigenvalue weighted by Gasteiger charge is 2.17. The van der Waals surface area contributed by atoms with E-state index in [1.807, 2.05) is 12.3 Å². The Morgan fingerprint density at radius 3 is 2.53 bits per heavy atom. The Labute approximate surface area is 122 Å². The predicted octanol–water partition coefficient (Wildman–Crippen LogP) is 3.51. The van der Waals surface area contributed by atoms with Crippen LogP contribution in [0.4, 0.5) is 0 Å². The van der Waals surface area contributed by atoms with E-state index in [-0.39, 0.29) is 0 Å². The fourth-order valence-electron chi connectivity index (χ4n) is 2.30. The van der Waals surface area contributed by atoms with Crippen LogP contribution in [0, 0.1) is 0 Å². The monoisotopic (exact) mass is 321 g/mol. The summed E-state index contributed by atoms with van der Waals surface area (Å²) < 4.78 is 3.13. The first-order valence-electron chi connectivity index (χ1n) is 6.60. The molecule has 0 fully saturated rings. The Kier molecular flexibility index (Phi) is 4.77. The van der Waals surface area contributed by atoms with Crippen molar-refractivity contribution < 1.29 is 0 Å². The van der Waals surface area contributed by atoms with Gasteiger partial charge in [0.2, 0.25) is 0 Å². The number of rotatable bonds is 5. The van der Waals surface area contributed by atoms with Gasteiger partial charge in [0.05, 0.1) is 16.4 Å². The SMILES string of the molecule is CC(C)n1ncc(Br)c1CC(CN)c1ccccc1. The smallest absolute Gasteiger partial charge is 0.0635 e. The lowest BCUT2D eigenvalue weighted by Gasteiger charge is -2.18. The van der Waals surface area contributed by atoms with Gasteiger partial charge in [0, 0.05) is 12.0 Å². The number of nitrogens with zero attached hydrogens (tertiary/aromatic N) is 2. The first-order valence-corrected chi connectivity index (χ1v) is 7.39. The molecule has 0 aliphatic heterocycles. The molecule has 1 aromatic carbocycles. The molecular weight excluding hydrogens is 302 g/mol. The minimum absolute atomic E-state index is 0.326. The minimum atomic E-state index is 0.326. The minimum Gasteiger partial charge on any atom is -0.330 e. The Morgan fingerprint density at radius 2 is 1.95 bits per heavy atom. The van der Waals surface area contributed by atoms with Crippen LogP contribution in [0.3, 0.4) is 0 Å². The van der Waals surface area contributed by atoms with Crippen LogP contribution in [0.25, 0.3) is 0 Å². The van der Waals surface area contributed by atoms with Gasteiger partial charge in [-0.15, -0.1) is 0 Å². The number of benzene rings is 1. The molecule has 0 saturated carbocycles. The van der Waals surface area contributed by atoms with Crippen molar-refractivity contribution in [2.24, 2.45) is 5.73 Å². The summed E-state index contributed by atoms with van der Waals surface area (Å²) in [4.78, 5) is 0. The molecule has 2 aromatic rings. The molecule has 0 radical (unpaired) electrons. The standard InChI is InChI=1S/C15H20BrN3/c1-11(2)19-15(14(16)10-18-19)8-13(9-17)12-6-4-3-5-7-12/h3-7,10-11,13H,8-9,17H2,1-2H3. The largest absolute Gasteiger partial charge is 0.330 e. The van der Waals surface area contributed by atoms with Crippen LogP contribution in [-0.4, -0.2) is 16.3 Å². The second-order valence-corrected chi connectivity index (χ2v) is 5.88. The number of hydrogen-bond donors (Lipinski definition) is 1. The lowest BCUT2D eigenvalue weighted by Crippen LogP contribution is -2.18. The third-order valence-electron chi connectivity index (χ3n) is 3.33. The highest BCUT2D eigenvalue weighted by Crippen LogP contribution is 2.26. The van der Waals surface area contributed by atoms with Crippen molar-refractivity contribution in [1.29, 1.82) is 0 Å². The molecule has 0 aliphatic carbocycles. The van der Waals surface area contributed by atoms with Crippen LogP contribution in [0.2, 0.25) is 0 Å². The summed E-state index contributed by atoms with van der Waals surface area (Å²) in [6.07, 6.45) is 2.77. The van der Waals surface area contributed by atoms with Crippen molar-refractivity contribution in [1.82, 2.24) is 9.78 Å². The van der Waals surface area contributed by atoms with Crippen molar-refractivity contribution in [2.45, 2.75) is 32.2 Å². The number of hydrogen-bond acceptors (Lipinski definition) is 2. The van der Waals surface area contributed by atoms with E-state index >= 15 is 0 Å². The fraction of sp³-hybridized carbons (Fsp3) is 0.400. The second kappa shape index (κ2) is 6.35.